The largest absolute Gasteiger partial charge is 0.416 e. The van der Waals surface area contributed by atoms with E-state index in [-0.39, 0.29) is 5.78 Å². The van der Waals surface area contributed by atoms with Crippen LogP contribution in [0.1, 0.15) is 74.4 Å². The zero-order valence-electron chi connectivity index (χ0n) is 38.1. The van der Waals surface area contributed by atoms with Crippen molar-refractivity contribution in [2.45, 2.75) is 76.2 Å². The molecule has 0 aliphatic carbocycles. The number of halogens is 24. The van der Waals surface area contributed by atoms with Gasteiger partial charge in [0.25, 0.3) is 0 Å². The van der Waals surface area contributed by atoms with Crippen molar-refractivity contribution in [1.82, 2.24) is 0 Å². The number of rotatable bonds is 9. The predicted molar refractivity (Wildman–Crippen MR) is 226 cm³/mol. The Hall–Kier alpha value is -6.70. The third-order valence-corrected chi connectivity index (χ3v) is 11.5. The summed E-state index contributed by atoms with van der Waals surface area (Å²) in [4.78, 5) is 12.2. The molecule has 5 aromatic carbocycles. The molecule has 0 aliphatic heterocycles. The monoisotopic (exact) mass is 1120 g/mol. The van der Waals surface area contributed by atoms with Crippen LogP contribution in [0.2, 0.25) is 0 Å². The van der Waals surface area contributed by atoms with Gasteiger partial charge >= 0.3 is 49.4 Å². The predicted octanol–water partition coefficient (Wildman–Crippen LogP) is 14.3. The number of aromatic nitrogens is 1. The molecule has 410 valence electrons. The van der Waals surface area contributed by atoms with E-state index in [1.54, 1.807) is 0 Å². The Kier molecular flexibility index (Phi) is 16.6. The van der Waals surface area contributed by atoms with Crippen molar-refractivity contribution in [2.24, 2.45) is 5.92 Å². The van der Waals surface area contributed by atoms with Crippen LogP contribution < -0.4 is 26.4 Å². The number of carbonyl (C=O) groups is 1. The number of alkyl halides is 24. The molecule has 0 N–H and O–H groups in total. The summed E-state index contributed by atoms with van der Waals surface area (Å²) in [5.74, 6) is 0.738. The lowest BCUT2D eigenvalue weighted by Crippen LogP contribution is -2.75. The Morgan fingerprint density at radius 1 is 0.382 bits per heavy atom. The molecule has 0 saturated carbocycles. The lowest BCUT2D eigenvalue weighted by Gasteiger charge is -2.46. The summed E-state index contributed by atoms with van der Waals surface area (Å²) in [6.45, 7) is 4.79. The van der Waals surface area contributed by atoms with Gasteiger partial charge in [0.2, 0.25) is 12.3 Å². The fourth-order valence-electron chi connectivity index (χ4n) is 8.21. The molecule has 0 aliphatic rings. The molecule has 76 heavy (non-hydrogen) atoms. The Bertz CT molecular complexity index is 2590. The van der Waals surface area contributed by atoms with Gasteiger partial charge in [-0.25, -0.2) is 0 Å². The number of hydrogen-bond acceptors (Lipinski definition) is 1. The van der Waals surface area contributed by atoms with Crippen molar-refractivity contribution >= 4 is 33.8 Å². The number of Topliss-reactive ketones (excluding diaryl/α,β-unsaturated/α-hetero) is 1. The third kappa shape index (κ3) is 14.2. The van der Waals surface area contributed by atoms with Crippen LogP contribution in [0.15, 0.2) is 128 Å². The van der Waals surface area contributed by atoms with Crippen molar-refractivity contribution in [3.05, 3.63) is 183 Å². The van der Waals surface area contributed by atoms with Gasteiger partial charge in [0, 0.05) is 24.1 Å². The molecule has 2 nitrogen and oxygen atoms in total. The summed E-state index contributed by atoms with van der Waals surface area (Å²) in [5.41, 5.74) is -28.2. The summed E-state index contributed by atoms with van der Waals surface area (Å²) in [5, 5.41) is 0. The van der Waals surface area contributed by atoms with Gasteiger partial charge in [-0.3, -0.25) is 4.79 Å². The molecule has 0 unspecified atom stereocenters. The van der Waals surface area contributed by atoms with Crippen molar-refractivity contribution in [2.75, 3.05) is 0 Å². The van der Waals surface area contributed by atoms with E-state index in [4.69, 9.17) is 0 Å². The maximum absolute atomic E-state index is 14.2. The quantitative estimate of drug-likeness (QED) is 0.0612. The van der Waals surface area contributed by atoms with Crippen LogP contribution in [-0.4, -0.2) is 11.9 Å². The molecule has 0 spiro atoms. The number of pyridine rings is 1. The molecule has 0 saturated heterocycles. The van der Waals surface area contributed by atoms with Crippen molar-refractivity contribution < 1.29 is 115 Å². The van der Waals surface area contributed by atoms with Crippen LogP contribution in [0.5, 0.6) is 0 Å². The summed E-state index contributed by atoms with van der Waals surface area (Å²) < 4.78 is 343. The molecule has 6 rings (SSSR count). The number of benzene rings is 5. The summed E-state index contributed by atoms with van der Waals surface area (Å²) >= 11 is 0. The second kappa shape index (κ2) is 21.0. The minimum Gasteiger partial charge on any atom is -0.287 e. The zero-order chi connectivity index (χ0) is 57.6. The average molecular weight is 1120 g/mol. The number of hydrogen-bond donors (Lipinski definition) is 0. The van der Waals surface area contributed by atoms with Gasteiger partial charge < -0.3 is 0 Å². The highest BCUT2D eigenvalue weighted by Crippen LogP contribution is 2.41. The van der Waals surface area contributed by atoms with E-state index in [1.165, 1.54) is 5.69 Å². The molecule has 0 atom stereocenters. The van der Waals surface area contributed by atoms with E-state index in [0.29, 0.717) is 12.5 Å². The summed E-state index contributed by atoms with van der Waals surface area (Å²) in [6, 6.07) is 6.76. The lowest BCUT2D eigenvalue weighted by atomic mass is 9.12. The highest BCUT2D eigenvalue weighted by molar-refractivity contribution is 7.20. The van der Waals surface area contributed by atoms with Crippen LogP contribution in [0.3, 0.4) is 0 Å². The first-order chi connectivity index (χ1) is 34.4. The van der Waals surface area contributed by atoms with Crippen LogP contribution in [0.4, 0.5) is 105 Å². The van der Waals surface area contributed by atoms with E-state index in [9.17, 15) is 110 Å². The number of nitrogens with zero attached hydrogens (tertiary/aromatic N) is 1. The van der Waals surface area contributed by atoms with E-state index in [1.807, 2.05) is 48.7 Å². The van der Waals surface area contributed by atoms with Crippen molar-refractivity contribution in [1.29, 1.82) is 0 Å². The fraction of sp³-hybridized carbons (Fsp3) is 0.265. The van der Waals surface area contributed by atoms with E-state index < -0.39 is 195 Å². The topological polar surface area (TPSA) is 20.9 Å². The minimum atomic E-state index is -6.13. The molecule has 1 aromatic heterocycles. The molecule has 6 aromatic rings. The maximum Gasteiger partial charge on any atom is 0.416 e. The summed E-state index contributed by atoms with van der Waals surface area (Å²) in [7, 11) is 0. The van der Waals surface area contributed by atoms with Crippen LogP contribution in [0, 0.1) is 5.92 Å². The third-order valence-electron chi connectivity index (χ3n) is 11.5. The van der Waals surface area contributed by atoms with Crippen LogP contribution >= 0.6 is 0 Å². The Morgan fingerprint density at radius 2 is 0.632 bits per heavy atom. The van der Waals surface area contributed by atoms with Gasteiger partial charge in [0.05, 0.1) is 44.5 Å². The normalized spacial score (nSPS) is 13.4. The number of carbonyl (C=O) groups excluding carboxylic acids is 1. The van der Waals surface area contributed by atoms with Gasteiger partial charge in [-0.2, -0.15) is 132 Å². The molecule has 27 heteroatoms. The average Bonchev–Trinajstić information content (AvgIpc) is 3.27. The van der Waals surface area contributed by atoms with Crippen molar-refractivity contribution in [3.63, 3.8) is 0 Å². The van der Waals surface area contributed by atoms with E-state index in [0.717, 1.165) is 12.0 Å². The van der Waals surface area contributed by atoms with E-state index in [2.05, 4.69) is 24.5 Å². The Balaban J connectivity index is 0.000000468. The molecular weight excluding hydrogens is 1090 g/mol. The fourth-order valence-corrected chi connectivity index (χ4v) is 8.21. The lowest BCUT2D eigenvalue weighted by molar-refractivity contribution is -0.690. The zero-order valence-corrected chi connectivity index (χ0v) is 38.1. The summed E-state index contributed by atoms with van der Waals surface area (Å²) in [6.07, 6.45) is -51.8. The molecule has 1 heterocycles. The molecule has 0 bridgehead atoms. The molecule has 0 amide bonds. The van der Waals surface area contributed by atoms with Crippen LogP contribution in [0.25, 0.3) is 0 Å². The SMILES string of the molecule is CC(C)Cc1cccc[n+]1CC(=O)c1ccccc1.FC(F)(F)c1cc([B-](c2cc(C(F)(F)F)cc(C(F)(F)F)c2)(c2cc(C(F)(F)F)cc(C(F)(F)F)c2)c2cc(C(F)(F)F)cc(C(F)(F)F)c2)cc(C(F)(F)F)c1. The van der Waals surface area contributed by atoms with Gasteiger partial charge in [-0.05, 0) is 30.2 Å². The molecule has 0 fully saturated rings. The smallest absolute Gasteiger partial charge is 0.287 e. The first-order valence-electron chi connectivity index (χ1n) is 21.3. The highest BCUT2D eigenvalue weighted by atomic mass is 19.4. The van der Waals surface area contributed by atoms with Gasteiger partial charge in [-0.1, -0.05) is 98.8 Å². The standard InChI is InChI=1S/C32H12BF24.C17H20NO/c34-25(35,36)13-1-14(26(37,38)39)6-21(5-13)33(22-7-15(27(40,41)42)2-16(8-22)28(43,44)45,23-9-17(29(46,47)48)3-18(10-23)30(49,50)51)24-11-19(31(52,53)54)4-20(12-24)32(55,56)57;1-14(2)12-16-10-6-7-11-18(16)13-17(19)15-8-4-3-5-9-15/h1-12H;3-11,14H,12-13H2,1-2H3/q-1;+1. The molecule has 0 radical (unpaired) electrons. The second-order valence-corrected chi connectivity index (χ2v) is 17.4. The maximum atomic E-state index is 14.2. The second-order valence-electron chi connectivity index (χ2n) is 17.4. The Labute approximate surface area is 413 Å². The van der Waals surface area contributed by atoms with Crippen molar-refractivity contribution in [3.8, 4) is 0 Å². The highest BCUT2D eigenvalue weighted by Gasteiger charge is 2.47. The minimum absolute atomic E-state index is 0.154. The van der Waals surface area contributed by atoms with Crippen LogP contribution in [-0.2, 0) is 62.4 Å². The first kappa shape index (κ1) is 60.2. The molecular formula is C49H32BF24NO. The Morgan fingerprint density at radius 3 is 0.868 bits per heavy atom. The van der Waals surface area contributed by atoms with E-state index >= 15 is 0 Å². The first-order valence-corrected chi connectivity index (χ1v) is 21.3. The van der Waals surface area contributed by atoms with Gasteiger partial charge in [0.1, 0.15) is 6.15 Å². The van der Waals surface area contributed by atoms with Gasteiger partial charge in [0.15, 0.2) is 11.9 Å². The van der Waals surface area contributed by atoms with Gasteiger partial charge in [-0.15, -0.1) is 0 Å². The number of ketones is 1.